The summed E-state index contributed by atoms with van der Waals surface area (Å²) in [4.78, 5) is 19.8. The van der Waals surface area contributed by atoms with E-state index in [0.29, 0.717) is 12.2 Å². The van der Waals surface area contributed by atoms with Crippen molar-refractivity contribution in [2.45, 2.75) is 12.7 Å². The first-order chi connectivity index (χ1) is 13.2. The maximum atomic E-state index is 12.7. The number of aromatic amines is 1. The summed E-state index contributed by atoms with van der Waals surface area (Å²) in [6.45, 7) is 0.687. The quantitative estimate of drug-likeness (QED) is 0.672. The molecule has 3 rings (SSSR count). The van der Waals surface area contributed by atoms with Crippen molar-refractivity contribution in [3.05, 3.63) is 53.9 Å². The molecule has 0 radical (unpaired) electrons. The monoisotopic (exact) mass is 392 g/mol. The first kappa shape index (κ1) is 19.7. The number of halogens is 3. The second-order valence-electron chi connectivity index (χ2n) is 6.38. The minimum absolute atomic E-state index is 0.126. The van der Waals surface area contributed by atoms with E-state index in [2.05, 4.69) is 15.3 Å². The number of carbonyl (C=O) groups excluding carboxylic acids is 1. The van der Waals surface area contributed by atoms with Gasteiger partial charge in [0.15, 0.2) is 0 Å². The molecule has 0 saturated carbocycles. The van der Waals surface area contributed by atoms with Crippen LogP contribution in [0.25, 0.3) is 11.0 Å². The van der Waals surface area contributed by atoms with E-state index in [1.54, 1.807) is 14.2 Å². The Bertz CT molecular complexity index is 967. The van der Waals surface area contributed by atoms with Crippen molar-refractivity contribution in [1.29, 1.82) is 0 Å². The van der Waals surface area contributed by atoms with Gasteiger partial charge < -0.3 is 15.0 Å². The van der Waals surface area contributed by atoms with Gasteiger partial charge in [0.25, 0.3) is 0 Å². The molecule has 1 aromatic heterocycles. The van der Waals surface area contributed by atoms with Crippen molar-refractivity contribution < 1.29 is 22.7 Å². The lowest BCUT2D eigenvalue weighted by Gasteiger charge is -2.16. The smallest absolute Gasteiger partial charge is 0.449 e. The minimum atomic E-state index is -4.55. The topological polar surface area (TPSA) is 70.2 Å². The zero-order valence-corrected chi connectivity index (χ0v) is 15.3. The van der Waals surface area contributed by atoms with E-state index >= 15 is 0 Å². The van der Waals surface area contributed by atoms with Crippen LogP contribution in [0.2, 0.25) is 0 Å². The highest BCUT2D eigenvalue weighted by molar-refractivity contribution is 5.94. The number of H-pyrrole nitrogens is 1. The van der Waals surface area contributed by atoms with Gasteiger partial charge in [-0.25, -0.2) is 4.98 Å². The van der Waals surface area contributed by atoms with Gasteiger partial charge in [0.2, 0.25) is 11.7 Å². The summed E-state index contributed by atoms with van der Waals surface area (Å²) in [5.41, 5.74) is 1.81. The van der Waals surface area contributed by atoms with Crippen LogP contribution in [-0.2, 0) is 17.5 Å². The molecular formula is C19H19F3N4O2. The van der Waals surface area contributed by atoms with Gasteiger partial charge in [-0.1, -0.05) is 12.1 Å². The summed E-state index contributed by atoms with van der Waals surface area (Å²) < 4.78 is 43.3. The SMILES string of the molecule is COc1ccc(CN(C)CC(=O)Nc2ccc3nc(C(F)(F)F)[nH]c3c2)cc1. The summed E-state index contributed by atoms with van der Waals surface area (Å²) in [7, 11) is 3.40. The van der Waals surface area contributed by atoms with Gasteiger partial charge in [0.05, 0.1) is 24.7 Å². The van der Waals surface area contributed by atoms with Gasteiger partial charge >= 0.3 is 6.18 Å². The third kappa shape index (κ3) is 4.80. The van der Waals surface area contributed by atoms with Crippen LogP contribution < -0.4 is 10.1 Å². The number of nitrogens with zero attached hydrogens (tertiary/aromatic N) is 2. The van der Waals surface area contributed by atoms with Crippen LogP contribution >= 0.6 is 0 Å². The van der Waals surface area contributed by atoms with E-state index < -0.39 is 12.0 Å². The Morgan fingerprint density at radius 2 is 1.93 bits per heavy atom. The molecule has 6 nitrogen and oxygen atoms in total. The fourth-order valence-electron chi connectivity index (χ4n) is 2.77. The molecule has 0 atom stereocenters. The number of alkyl halides is 3. The van der Waals surface area contributed by atoms with E-state index in [0.717, 1.165) is 11.3 Å². The largest absolute Gasteiger partial charge is 0.497 e. The van der Waals surface area contributed by atoms with Crippen molar-refractivity contribution in [2.24, 2.45) is 0 Å². The normalized spacial score (nSPS) is 11.8. The first-order valence-electron chi connectivity index (χ1n) is 8.43. The van der Waals surface area contributed by atoms with Crippen LogP contribution in [-0.4, -0.2) is 41.5 Å². The number of fused-ring (bicyclic) bond motifs is 1. The zero-order chi connectivity index (χ0) is 20.3. The van der Waals surface area contributed by atoms with E-state index in [9.17, 15) is 18.0 Å². The number of carbonyl (C=O) groups is 1. The highest BCUT2D eigenvalue weighted by Gasteiger charge is 2.34. The summed E-state index contributed by atoms with van der Waals surface area (Å²) in [5, 5.41) is 2.69. The van der Waals surface area contributed by atoms with Crippen LogP contribution in [0.4, 0.5) is 18.9 Å². The molecule has 0 unspecified atom stereocenters. The maximum Gasteiger partial charge on any atom is 0.449 e. The number of methoxy groups -OCH3 is 1. The van der Waals surface area contributed by atoms with Crippen molar-refractivity contribution in [3.8, 4) is 5.75 Å². The molecule has 0 fully saturated rings. The van der Waals surface area contributed by atoms with Crippen molar-refractivity contribution >= 4 is 22.6 Å². The Hall–Kier alpha value is -3.07. The summed E-state index contributed by atoms with van der Waals surface area (Å²) in [6.07, 6.45) is -4.55. The number of rotatable bonds is 6. The predicted octanol–water partition coefficient (Wildman–Crippen LogP) is 3.66. The summed E-state index contributed by atoms with van der Waals surface area (Å²) >= 11 is 0. The minimum Gasteiger partial charge on any atom is -0.497 e. The number of amides is 1. The molecular weight excluding hydrogens is 373 g/mol. The molecule has 0 bridgehead atoms. The summed E-state index contributed by atoms with van der Waals surface area (Å²) in [5.74, 6) is -0.580. The van der Waals surface area contributed by atoms with Gasteiger partial charge in [-0.05, 0) is 42.9 Å². The highest BCUT2D eigenvalue weighted by atomic mass is 19.4. The lowest BCUT2D eigenvalue weighted by atomic mass is 10.2. The molecule has 28 heavy (non-hydrogen) atoms. The Balaban J connectivity index is 1.60. The molecule has 9 heteroatoms. The van der Waals surface area contributed by atoms with Crippen molar-refractivity contribution in [1.82, 2.24) is 14.9 Å². The van der Waals surface area contributed by atoms with Gasteiger partial charge in [-0.2, -0.15) is 13.2 Å². The van der Waals surface area contributed by atoms with Gasteiger partial charge in [-0.15, -0.1) is 0 Å². The van der Waals surface area contributed by atoms with Gasteiger partial charge in [0.1, 0.15) is 5.75 Å². The molecule has 0 saturated heterocycles. The number of likely N-dealkylation sites (N-methyl/N-ethyl adjacent to an activating group) is 1. The average molecular weight is 392 g/mol. The number of hydrogen-bond donors (Lipinski definition) is 2. The Morgan fingerprint density at radius 3 is 2.57 bits per heavy atom. The number of nitrogens with one attached hydrogen (secondary N) is 2. The molecule has 1 amide bonds. The molecule has 3 aromatic rings. The van der Waals surface area contributed by atoms with E-state index in [-0.39, 0.29) is 23.5 Å². The fraction of sp³-hybridized carbons (Fsp3) is 0.263. The van der Waals surface area contributed by atoms with E-state index in [1.807, 2.05) is 29.2 Å². The molecule has 0 spiro atoms. The zero-order valence-electron chi connectivity index (χ0n) is 15.3. The molecule has 148 valence electrons. The van der Waals surface area contributed by atoms with Gasteiger partial charge in [-0.3, -0.25) is 9.69 Å². The van der Waals surface area contributed by atoms with Crippen LogP contribution in [0.5, 0.6) is 5.75 Å². The number of benzene rings is 2. The summed E-state index contributed by atoms with van der Waals surface area (Å²) in [6, 6.07) is 11.9. The van der Waals surface area contributed by atoms with Gasteiger partial charge in [0, 0.05) is 12.2 Å². The second-order valence-corrected chi connectivity index (χ2v) is 6.38. The predicted molar refractivity (Wildman–Crippen MR) is 99.1 cm³/mol. The Morgan fingerprint density at radius 1 is 1.21 bits per heavy atom. The van der Waals surface area contributed by atoms with Crippen LogP contribution in [0.3, 0.4) is 0 Å². The molecule has 0 aliphatic rings. The fourth-order valence-corrected chi connectivity index (χ4v) is 2.77. The standard InChI is InChI=1S/C19H19F3N4O2/c1-26(10-12-3-6-14(28-2)7-4-12)11-17(27)23-13-5-8-15-16(9-13)25-18(24-15)19(20,21)22/h3-9H,10-11H2,1-2H3,(H,23,27)(H,24,25). The number of aromatic nitrogens is 2. The second kappa shape index (κ2) is 7.89. The molecule has 1 heterocycles. The molecule has 0 aliphatic heterocycles. The Labute approximate surface area is 159 Å². The number of hydrogen-bond acceptors (Lipinski definition) is 4. The third-order valence-electron chi connectivity index (χ3n) is 4.06. The lowest BCUT2D eigenvalue weighted by molar-refractivity contribution is -0.144. The first-order valence-corrected chi connectivity index (χ1v) is 8.43. The molecule has 2 aromatic carbocycles. The van der Waals surface area contributed by atoms with Crippen molar-refractivity contribution in [3.63, 3.8) is 0 Å². The Kier molecular flexibility index (Phi) is 5.55. The van der Waals surface area contributed by atoms with Crippen LogP contribution in [0.15, 0.2) is 42.5 Å². The average Bonchev–Trinajstić information content (AvgIpc) is 3.06. The maximum absolute atomic E-state index is 12.7. The van der Waals surface area contributed by atoms with Crippen LogP contribution in [0, 0.1) is 0 Å². The molecule has 0 aliphatic carbocycles. The lowest BCUT2D eigenvalue weighted by Crippen LogP contribution is -2.29. The van der Waals surface area contributed by atoms with Crippen molar-refractivity contribution in [2.75, 3.05) is 26.0 Å². The third-order valence-corrected chi connectivity index (χ3v) is 4.06. The number of ether oxygens (including phenoxy) is 1. The number of anilines is 1. The van der Waals surface area contributed by atoms with Crippen LogP contribution in [0.1, 0.15) is 11.4 Å². The van der Waals surface area contributed by atoms with E-state index in [4.69, 9.17) is 4.74 Å². The van der Waals surface area contributed by atoms with E-state index in [1.165, 1.54) is 18.2 Å². The molecule has 2 N–H and O–H groups in total. The highest BCUT2D eigenvalue weighted by Crippen LogP contribution is 2.29. The number of imidazole rings is 1.